The van der Waals surface area contributed by atoms with Gasteiger partial charge in [-0.3, -0.25) is 14.5 Å². The first-order chi connectivity index (χ1) is 14.8. The van der Waals surface area contributed by atoms with E-state index in [-0.39, 0.29) is 17.9 Å². The number of carbonyl (C=O) groups excluding carboxylic acids is 4. The number of nitrogens with zero attached hydrogens (tertiary/aromatic N) is 2. The minimum atomic E-state index is -1.31. The first kappa shape index (κ1) is 22.0. The van der Waals surface area contributed by atoms with Crippen molar-refractivity contribution in [1.29, 1.82) is 0 Å². The number of benzene rings is 2. The predicted molar refractivity (Wildman–Crippen MR) is 113 cm³/mol. The van der Waals surface area contributed by atoms with E-state index in [0.717, 1.165) is 11.8 Å². The minimum Gasteiger partial charge on any atom is -0.545 e. The van der Waals surface area contributed by atoms with Crippen LogP contribution in [0.25, 0.3) is 0 Å². The van der Waals surface area contributed by atoms with Crippen molar-refractivity contribution in [2.24, 2.45) is 4.99 Å². The number of amides is 2. The van der Waals surface area contributed by atoms with Crippen molar-refractivity contribution in [3.05, 3.63) is 59.7 Å². The molecule has 0 saturated carbocycles. The number of anilines is 1. The molecule has 2 aromatic rings. The van der Waals surface area contributed by atoms with Crippen molar-refractivity contribution in [3.63, 3.8) is 0 Å². The van der Waals surface area contributed by atoms with Crippen molar-refractivity contribution in [2.75, 3.05) is 19.5 Å². The lowest BCUT2D eigenvalue weighted by molar-refractivity contribution is -0.255. The molecular formula is C21H18N3O6S-. The molecule has 1 aliphatic rings. The average Bonchev–Trinajstić information content (AvgIpc) is 2.77. The number of ether oxygens (including phenoxy) is 1. The number of hydrogen-bond donors (Lipinski definition) is 1. The number of hydrogen-bond acceptors (Lipinski definition) is 8. The molecule has 1 aliphatic heterocycles. The molecule has 1 N–H and O–H groups in total. The van der Waals surface area contributed by atoms with E-state index in [9.17, 15) is 24.3 Å². The van der Waals surface area contributed by atoms with Gasteiger partial charge in [-0.05, 0) is 42.0 Å². The number of aromatic carboxylic acids is 1. The quantitative estimate of drug-likeness (QED) is 0.697. The van der Waals surface area contributed by atoms with Gasteiger partial charge in [0.1, 0.15) is 5.25 Å². The topological polar surface area (TPSA) is 128 Å². The van der Waals surface area contributed by atoms with Crippen LogP contribution in [0.2, 0.25) is 0 Å². The summed E-state index contributed by atoms with van der Waals surface area (Å²) in [5, 5.41) is 13.1. The van der Waals surface area contributed by atoms with Gasteiger partial charge in [0.15, 0.2) is 5.17 Å². The molecule has 2 amide bonds. The lowest BCUT2D eigenvalue weighted by Gasteiger charge is -2.28. The fourth-order valence-electron chi connectivity index (χ4n) is 2.71. The summed E-state index contributed by atoms with van der Waals surface area (Å²) in [5.41, 5.74) is 1.27. The fraction of sp³-hybridized carbons (Fsp3) is 0.190. The monoisotopic (exact) mass is 440 g/mol. The molecule has 10 heteroatoms. The summed E-state index contributed by atoms with van der Waals surface area (Å²) >= 11 is 1.14. The predicted octanol–water partition coefficient (Wildman–Crippen LogP) is 1.43. The third-order valence-corrected chi connectivity index (χ3v) is 5.70. The van der Waals surface area contributed by atoms with Crippen molar-refractivity contribution >= 4 is 52.1 Å². The van der Waals surface area contributed by atoms with Gasteiger partial charge in [0.2, 0.25) is 11.8 Å². The van der Waals surface area contributed by atoms with Gasteiger partial charge in [0.05, 0.1) is 24.3 Å². The highest BCUT2D eigenvalue weighted by molar-refractivity contribution is 8.15. The second kappa shape index (κ2) is 9.43. The van der Waals surface area contributed by atoms with E-state index < -0.39 is 23.1 Å². The zero-order valence-corrected chi connectivity index (χ0v) is 17.5. The van der Waals surface area contributed by atoms with Gasteiger partial charge < -0.3 is 20.0 Å². The van der Waals surface area contributed by atoms with Crippen molar-refractivity contribution < 1.29 is 29.0 Å². The third-order valence-electron chi connectivity index (χ3n) is 4.46. The van der Waals surface area contributed by atoms with Gasteiger partial charge in [0, 0.05) is 19.2 Å². The average molecular weight is 440 g/mol. The maximum absolute atomic E-state index is 12.7. The van der Waals surface area contributed by atoms with Crippen LogP contribution in [0.1, 0.15) is 27.1 Å². The first-order valence-corrected chi connectivity index (χ1v) is 9.99. The van der Waals surface area contributed by atoms with Gasteiger partial charge in [-0.25, -0.2) is 9.79 Å². The fourth-order valence-corrected chi connectivity index (χ4v) is 3.77. The number of methoxy groups -OCH3 is 1. The molecule has 1 atom stereocenters. The van der Waals surface area contributed by atoms with E-state index in [1.54, 1.807) is 31.3 Å². The number of amidine groups is 1. The molecule has 1 saturated heterocycles. The number of rotatable bonds is 5. The van der Waals surface area contributed by atoms with Gasteiger partial charge in [0.25, 0.3) is 0 Å². The Morgan fingerprint density at radius 3 is 2.29 bits per heavy atom. The molecule has 160 valence electrons. The Kier molecular flexibility index (Phi) is 6.71. The summed E-state index contributed by atoms with van der Waals surface area (Å²) in [5.74, 6) is -2.45. The van der Waals surface area contributed by atoms with Crippen molar-refractivity contribution in [1.82, 2.24) is 4.90 Å². The summed E-state index contributed by atoms with van der Waals surface area (Å²) in [6.45, 7) is 0. The van der Waals surface area contributed by atoms with E-state index in [2.05, 4.69) is 15.0 Å². The first-order valence-electron chi connectivity index (χ1n) is 9.11. The molecule has 0 radical (unpaired) electrons. The van der Waals surface area contributed by atoms with Crippen molar-refractivity contribution in [2.45, 2.75) is 11.7 Å². The van der Waals surface area contributed by atoms with E-state index in [1.165, 1.54) is 36.3 Å². The summed E-state index contributed by atoms with van der Waals surface area (Å²) in [4.78, 5) is 53.2. The molecule has 2 aromatic carbocycles. The normalized spacial score (nSPS) is 17.4. The van der Waals surface area contributed by atoms with E-state index in [4.69, 9.17) is 0 Å². The van der Waals surface area contributed by atoms with Gasteiger partial charge >= 0.3 is 5.97 Å². The molecule has 0 aromatic heterocycles. The van der Waals surface area contributed by atoms with Crippen LogP contribution in [0.3, 0.4) is 0 Å². The highest BCUT2D eigenvalue weighted by Gasteiger charge is 2.34. The van der Waals surface area contributed by atoms with Crippen molar-refractivity contribution in [3.8, 4) is 0 Å². The number of esters is 1. The van der Waals surface area contributed by atoms with Crippen LogP contribution in [-0.4, -0.2) is 53.2 Å². The maximum Gasteiger partial charge on any atom is 0.337 e. The van der Waals surface area contributed by atoms with Crippen LogP contribution in [0.15, 0.2) is 53.5 Å². The third kappa shape index (κ3) is 5.28. The second-order valence-electron chi connectivity index (χ2n) is 6.55. The van der Waals surface area contributed by atoms with Crippen LogP contribution in [0, 0.1) is 0 Å². The SMILES string of the molecule is COC(=O)c1ccc(N=C2S[C@H](C(=O)Nc3ccc(C(=O)[O-])cc3)CC(=O)N2C)cc1. The maximum atomic E-state index is 12.7. The summed E-state index contributed by atoms with van der Waals surface area (Å²) in [6.07, 6.45) is -0.00950. The number of nitrogens with one attached hydrogen (secondary N) is 1. The van der Waals surface area contributed by atoms with Gasteiger partial charge in [-0.2, -0.15) is 0 Å². The molecule has 3 rings (SSSR count). The van der Waals surface area contributed by atoms with E-state index in [0.29, 0.717) is 22.1 Å². The molecule has 0 bridgehead atoms. The lowest BCUT2D eigenvalue weighted by atomic mass is 10.2. The molecule has 1 heterocycles. The van der Waals surface area contributed by atoms with Crippen LogP contribution >= 0.6 is 11.8 Å². The number of carbonyl (C=O) groups is 4. The molecule has 1 fully saturated rings. The van der Waals surface area contributed by atoms with Crippen LogP contribution in [0.4, 0.5) is 11.4 Å². The largest absolute Gasteiger partial charge is 0.545 e. The number of thioether (sulfide) groups is 1. The Morgan fingerprint density at radius 1 is 1.10 bits per heavy atom. The summed E-state index contributed by atoms with van der Waals surface area (Å²) in [7, 11) is 2.86. The highest BCUT2D eigenvalue weighted by Crippen LogP contribution is 2.29. The summed E-state index contributed by atoms with van der Waals surface area (Å²) < 4.78 is 4.66. The van der Waals surface area contributed by atoms with Gasteiger partial charge in [-0.1, -0.05) is 23.9 Å². The van der Waals surface area contributed by atoms with E-state index >= 15 is 0 Å². The number of aliphatic imine (C=N–C) groups is 1. The molecular weight excluding hydrogens is 422 g/mol. The van der Waals surface area contributed by atoms with Gasteiger partial charge in [-0.15, -0.1) is 0 Å². The lowest BCUT2D eigenvalue weighted by Crippen LogP contribution is -2.43. The second-order valence-corrected chi connectivity index (χ2v) is 7.72. The standard InChI is InChI=1S/C21H19N3O6S/c1-24-17(25)11-16(18(26)22-14-7-3-12(4-8-14)19(27)28)31-21(24)23-15-9-5-13(6-10-15)20(29)30-2/h3-10,16H,11H2,1-2H3,(H,22,26)(H,27,28)/p-1/t16-/m0/s1. The Bertz CT molecular complexity index is 1050. The zero-order chi connectivity index (χ0) is 22.5. The zero-order valence-electron chi connectivity index (χ0n) is 16.7. The Balaban J connectivity index is 1.74. The Morgan fingerprint density at radius 2 is 1.71 bits per heavy atom. The molecule has 0 spiro atoms. The van der Waals surface area contributed by atoms with Crippen LogP contribution in [0.5, 0.6) is 0 Å². The Labute approximate surface area is 182 Å². The summed E-state index contributed by atoms with van der Waals surface area (Å²) in [6, 6.07) is 11.9. The highest BCUT2D eigenvalue weighted by atomic mass is 32.2. The van der Waals surface area contributed by atoms with E-state index in [1.807, 2.05) is 0 Å². The smallest absolute Gasteiger partial charge is 0.337 e. The number of carboxylic acid groups (broad SMARTS) is 1. The Hall–Kier alpha value is -3.66. The molecule has 0 aliphatic carbocycles. The van der Waals surface area contributed by atoms with Crippen LogP contribution in [-0.2, 0) is 14.3 Å². The molecule has 0 unspecified atom stereocenters. The molecule has 9 nitrogen and oxygen atoms in total. The number of carboxylic acids is 1. The molecule has 31 heavy (non-hydrogen) atoms. The van der Waals surface area contributed by atoms with Crippen LogP contribution < -0.4 is 10.4 Å². The minimum absolute atomic E-state index is 0.00511.